The molecule has 4 rings (SSSR count). The van der Waals surface area contributed by atoms with E-state index in [0.717, 1.165) is 5.56 Å². The van der Waals surface area contributed by atoms with Gasteiger partial charge in [-0.3, -0.25) is 24.5 Å². The van der Waals surface area contributed by atoms with Crippen LogP contribution in [0.3, 0.4) is 0 Å². The number of methoxy groups -OCH3 is 2. The minimum absolute atomic E-state index is 0.00349. The number of fused-ring (bicyclic) bond motifs is 1. The third-order valence-electron chi connectivity index (χ3n) is 6.14. The zero-order chi connectivity index (χ0) is 29.0. The zero-order valence-corrected chi connectivity index (χ0v) is 23.4. The van der Waals surface area contributed by atoms with Crippen LogP contribution in [0.25, 0.3) is 22.2 Å². The number of nitrogens with one attached hydrogen (secondary N) is 1. The molecular formula is C28H28ClFN6O4. The fourth-order valence-corrected chi connectivity index (χ4v) is 4.40. The number of benzene rings is 2. The summed E-state index contributed by atoms with van der Waals surface area (Å²) < 4.78 is 25.9. The van der Waals surface area contributed by atoms with E-state index in [9.17, 15) is 9.59 Å². The Morgan fingerprint density at radius 2 is 1.68 bits per heavy atom. The van der Waals surface area contributed by atoms with Gasteiger partial charge in [-0.25, -0.2) is 9.37 Å². The highest BCUT2D eigenvalue weighted by Crippen LogP contribution is 2.44. The van der Waals surface area contributed by atoms with Crippen molar-refractivity contribution in [1.29, 1.82) is 0 Å². The molecule has 2 amide bonds. The summed E-state index contributed by atoms with van der Waals surface area (Å²) in [5.41, 5.74) is 1.94. The Balaban J connectivity index is 1.61. The van der Waals surface area contributed by atoms with Crippen LogP contribution in [0.5, 0.6) is 11.5 Å². The second kappa shape index (κ2) is 12.2. The van der Waals surface area contributed by atoms with Crippen LogP contribution in [0.4, 0.5) is 10.2 Å². The monoisotopic (exact) mass is 566 g/mol. The van der Waals surface area contributed by atoms with Crippen molar-refractivity contribution in [2.45, 2.75) is 6.54 Å². The summed E-state index contributed by atoms with van der Waals surface area (Å²) in [6, 6.07) is 7.93. The number of rotatable bonds is 9. The van der Waals surface area contributed by atoms with E-state index < -0.39 is 11.7 Å². The van der Waals surface area contributed by atoms with Gasteiger partial charge in [0.1, 0.15) is 17.1 Å². The summed E-state index contributed by atoms with van der Waals surface area (Å²) in [4.78, 5) is 41.6. The number of nitrogens with zero attached hydrogens (tertiary/aromatic N) is 5. The van der Waals surface area contributed by atoms with E-state index in [1.807, 2.05) is 18.0 Å². The van der Waals surface area contributed by atoms with Crippen LogP contribution in [-0.4, -0.2) is 78.5 Å². The number of aromatic nitrogens is 3. The van der Waals surface area contributed by atoms with Crippen molar-refractivity contribution in [3.8, 4) is 22.6 Å². The highest BCUT2D eigenvalue weighted by molar-refractivity contribution is 6.35. The van der Waals surface area contributed by atoms with Crippen LogP contribution in [-0.2, 0) is 11.3 Å². The quantitative estimate of drug-likeness (QED) is 0.320. The Bertz CT molecular complexity index is 1540. The Morgan fingerprint density at radius 1 is 0.975 bits per heavy atom. The first-order valence-electron chi connectivity index (χ1n) is 12.1. The maximum absolute atomic E-state index is 15.4. The summed E-state index contributed by atoms with van der Waals surface area (Å²) >= 11 is 6.49. The summed E-state index contributed by atoms with van der Waals surface area (Å²) in [6.07, 6.45) is 4.52. The van der Waals surface area contributed by atoms with Crippen LogP contribution in [0.15, 0.2) is 48.9 Å². The van der Waals surface area contributed by atoms with Crippen molar-refractivity contribution in [1.82, 2.24) is 24.8 Å². The van der Waals surface area contributed by atoms with E-state index in [2.05, 4.69) is 20.3 Å². The standard InChI is InChI=1S/C28H28ClFN6O4/c1-35(2)22(37)15-36(3)14-16-6-9-21(33-13-16)34-28(38)18-8-7-17(26-27(18)32-11-10-31-26)23-24(29)19(39-4)12-20(40-5)25(23)30/h6-13H,14-15H2,1-5H3,(H,33,34,38). The average Bonchev–Trinajstić information content (AvgIpc) is 2.94. The van der Waals surface area contributed by atoms with Gasteiger partial charge in [0.05, 0.1) is 36.9 Å². The van der Waals surface area contributed by atoms with Crippen molar-refractivity contribution < 1.29 is 23.5 Å². The normalized spacial score (nSPS) is 11.0. The van der Waals surface area contributed by atoms with Gasteiger partial charge < -0.3 is 19.7 Å². The molecular weight excluding hydrogens is 539 g/mol. The molecule has 0 saturated carbocycles. The van der Waals surface area contributed by atoms with E-state index in [-0.39, 0.29) is 51.1 Å². The molecule has 12 heteroatoms. The SMILES string of the molecule is COc1cc(OC)c(Cl)c(-c2ccc(C(=O)Nc3ccc(CN(C)CC(=O)N(C)C)cn3)c3nccnc23)c1F. The second-order valence-corrected chi connectivity index (χ2v) is 9.54. The summed E-state index contributed by atoms with van der Waals surface area (Å²) in [6.45, 7) is 0.782. The van der Waals surface area contributed by atoms with Gasteiger partial charge in [0.15, 0.2) is 11.6 Å². The van der Waals surface area contributed by atoms with E-state index in [1.165, 1.54) is 43.6 Å². The van der Waals surface area contributed by atoms with Crippen LogP contribution in [0.2, 0.25) is 5.02 Å². The number of hydrogen-bond acceptors (Lipinski definition) is 8. The highest BCUT2D eigenvalue weighted by atomic mass is 35.5. The van der Waals surface area contributed by atoms with Gasteiger partial charge in [-0.2, -0.15) is 0 Å². The lowest BCUT2D eigenvalue weighted by Gasteiger charge is -2.18. The molecule has 0 spiro atoms. The van der Waals surface area contributed by atoms with Gasteiger partial charge in [-0.1, -0.05) is 23.7 Å². The summed E-state index contributed by atoms with van der Waals surface area (Å²) in [7, 11) is 8.01. The molecule has 0 aliphatic heterocycles. The molecule has 0 aliphatic carbocycles. The third-order valence-corrected chi connectivity index (χ3v) is 6.51. The van der Waals surface area contributed by atoms with Crippen LogP contribution < -0.4 is 14.8 Å². The predicted octanol–water partition coefficient (Wildman–Crippen LogP) is 4.27. The zero-order valence-electron chi connectivity index (χ0n) is 22.7. The number of carbonyl (C=O) groups is 2. The van der Waals surface area contributed by atoms with Gasteiger partial charge in [-0.05, 0) is 24.7 Å². The van der Waals surface area contributed by atoms with Crippen molar-refractivity contribution >= 4 is 40.3 Å². The van der Waals surface area contributed by atoms with Crippen LogP contribution >= 0.6 is 11.6 Å². The molecule has 2 heterocycles. The van der Waals surface area contributed by atoms with Gasteiger partial charge in [-0.15, -0.1) is 0 Å². The minimum Gasteiger partial charge on any atom is -0.495 e. The maximum Gasteiger partial charge on any atom is 0.259 e. The first-order chi connectivity index (χ1) is 19.1. The summed E-state index contributed by atoms with van der Waals surface area (Å²) in [5.74, 6) is -0.678. The van der Waals surface area contributed by atoms with Crippen LogP contribution in [0.1, 0.15) is 15.9 Å². The summed E-state index contributed by atoms with van der Waals surface area (Å²) in [5, 5.41) is 2.80. The number of pyridine rings is 1. The average molecular weight is 567 g/mol. The molecule has 4 aromatic rings. The predicted molar refractivity (Wildman–Crippen MR) is 150 cm³/mol. The topological polar surface area (TPSA) is 110 Å². The lowest BCUT2D eigenvalue weighted by atomic mass is 9.99. The number of carbonyl (C=O) groups excluding carboxylic acids is 2. The molecule has 1 N–H and O–H groups in total. The third kappa shape index (κ3) is 5.95. The molecule has 2 aromatic heterocycles. The Kier molecular flexibility index (Phi) is 8.76. The molecule has 0 fully saturated rings. The molecule has 10 nitrogen and oxygen atoms in total. The van der Waals surface area contributed by atoms with Crippen molar-refractivity contribution in [2.24, 2.45) is 0 Å². The largest absolute Gasteiger partial charge is 0.495 e. The maximum atomic E-state index is 15.4. The number of amides is 2. The van der Waals surface area contributed by atoms with Gasteiger partial charge >= 0.3 is 0 Å². The van der Waals surface area contributed by atoms with Crippen molar-refractivity contribution in [3.05, 3.63) is 70.9 Å². The number of ether oxygens (including phenoxy) is 2. The number of halogens is 2. The lowest BCUT2D eigenvalue weighted by Crippen LogP contribution is -2.34. The number of likely N-dealkylation sites (N-methyl/N-ethyl adjacent to an activating group) is 2. The smallest absolute Gasteiger partial charge is 0.259 e. The molecule has 0 bridgehead atoms. The molecule has 0 radical (unpaired) electrons. The van der Waals surface area contributed by atoms with Crippen molar-refractivity contribution in [2.75, 3.05) is 47.2 Å². The first kappa shape index (κ1) is 28.7. The van der Waals surface area contributed by atoms with E-state index >= 15 is 4.39 Å². The van der Waals surface area contributed by atoms with Gasteiger partial charge in [0.25, 0.3) is 5.91 Å². The lowest BCUT2D eigenvalue weighted by molar-refractivity contribution is -0.129. The fourth-order valence-electron chi connectivity index (χ4n) is 4.08. The van der Waals surface area contributed by atoms with E-state index in [0.29, 0.717) is 17.9 Å². The molecule has 0 aliphatic rings. The minimum atomic E-state index is -0.696. The Labute approximate surface area is 235 Å². The Hall–Kier alpha value is -4.35. The molecule has 40 heavy (non-hydrogen) atoms. The van der Waals surface area contributed by atoms with Crippen LogP contribution in [0, 0.1) is 5.82 Å². The molecule has 0 atom stereocenters. The Morgan fingerprint density at radius 3 is 2.30 bits per heavy atom. The highest BCUT2D eigenvalue weighted by Gasteiger charge is 2.24. The molecule has 0 unspecified atom stereocenters. The second-order valence-electron chi connectivity index (χ2n) is 9.16. The van der Waals surface area contributed by atoms with E-state index in [1.54, 1.807) is 32.4 Å². The first-order valence-corrected chi connectivity index (χ1v) is 12.5. The molecule has 2 aromatic carbocycles. The fraction of sp³-hybridized carbons (Fsp3) is 0.250. The van der Waals surface area contributed by atoms with Gasteiger partial charge in [0, 0.05) is 56.4 Å². The number of hydrogen-bond donors (Lipinski definition) is 1. The molecule has 0 saturated heterocycles. The van der Waals surface area contributed by atoms with Crippen molar-refractivity contribution in [3.63, 3.8) is 0 Å². The van der Waals surface area contributed by atoms with Gasteiger partial charge in [0.2, 0.25) is 5.91 Å². The van der Waals surface area contributed by atoms with E-state index in [4.69, 9.17) is 21.1 Å². The molecule has 208 valence electrons. The number of anilines is 1.